The minimum atomic E-state index is -0.432. The molecule has 0 spiro atoms. The van der Waals surface area contributed by atoms with Crippen LogP contribution in [0.25, 0.3) is 0 Å². The van der Waals surface area contributed by atoms with E-state index in [4.69, 9.17) is 4.74 Å². The lowest BCUT2D eigenvalue weighted by atomic mass is 10.2. The Balaban J connectivity index is 2.80. The fourth-order valence-corrected chi connectivity index (χ4v) is 1.44. The highest BCUT2D eigenvalue weighted by atomic mass is 79.9. The van der Waals surface area contributed by atoms with Crippen LogP contribution in [0.2, 0.25) is 0 Å². The van der Waals surface area contributed by atoms with E-state index in [0.29, 0.717) is 16.6 Å². The number of esters is 1. The van der Waals surface area contributed by atoms with Crippen LogP contribution in [0.15, 0.2) is 22.7 Å². The SMILES string of the molecule is CCCOC(=O)c1ccc(F)cc1Br. The van der Waals surface area contributed by atoms with E-state index < -0.39 is 5.97 Å². The average molecular weight is 261 g/mol. The summed E-state index contributed by atoms with van der Waals surface area (Å²) in [6.45, 7) is 2.29. The van der Waals surface area contributed by atoms with Gasteiger partial charge >= 0.3 is 5.97 Å². The number of hydrogen-bond acceptors (Lipinski definition) is 2. The van der Waals surface area contributed by atoms with Gasteiger partial charge in [-0.25, -0.2) is 9.18 Å². The Morgan fingerprint density at radius 3 is 2.86 bits per heavy atom. The molecule has 0 aromatic heterocycles. The van der Waals surface area contributed by atoms with Crippen molar-refractivity contribution >= 4 is 21.9 Å². The van der Waals surface area contributed by atoms with Crippen molar-refractivity contribution in [1.82, 2.24) is 0 Å². The van der Waals surface area contributed by atoms with Gasteiger partial charge in [0.1, 0.15) is 5.82 Å². The zero-order valence-corrected chi connectivity index (χ0v) is 9.30. The predicted octanol–water partition coefficient (Wildman–Crippen LogP) is 3.16. The Morgan fingerprint density at radius 1 is 1.57 bits per heavy atom. The number of carbonyl (C=O) groups is 1. The minimum absolute atomic E-state index is 0.347. The van der Waals surface area contributed by atoms with Crippen LogP contribution in [0.5, 0.6) is 0 Å². The molecule has 0 N–H and O–H groups in total. The van der Waals surface area contributed by atoms with Gasteiger partial charge in [-0.3, -0.25) is 0 Å². The highest BCUT2D eigenvalue weighted by Crippen LogP contribution is 2.18. The number of rotatable bonds is 3. The van der Waals surface area contributed by atoms with Crippen LogP contribution < -0.4 is 0 Å². The first-order valence-electron chi connectivity index (χ1n) is 4.27. The summed E-state index contributed by atoms with van der Waals surface area (Å²) in [7, 11) is 0. The number of benzene rings is 1. The first-order valence-corrected chi connectivity index (χ1v) is 5.06. The first-order chi connectivity index (χ1) is 6.65. The molecule has 0 aliphatic carbocycles. The quantitative estimate of drug-likeness (QED) is 0.781. The van der Waals surface area contributed by atoms with Gasteiger partial charge < -0.3 is 4.74 Å². The van der Waals surface area contributed by atoms with Crippen LogP contribution in [-0.2, 0) is 4.74 Å². The maximum absolute atomic E-state index is 12.7. The minimum Gasteiger partial charge on any atom is -0.462 e. The summed E-state index contributed by atoms with van der Waals surface area (Å²) in [6.07, 6.45) is 0.768. The molecular weight excluding hydrogens is 251 g/mol. The third kappa shape index (κ3) is 2.80. The molecule has 0 aliphatic heterocycles. The molecule has 0 radical (unpaired) electrons. The molecule has 0 bridgehead atoms. The van der Waals surface area contributed by atoms with Gasteiger partial charge in [-0.15, -0.1) is 0 Å². The third-order valence-corrected chi connectivity index (χ3v) is 2.24. The van der Waals surface area contributed by atoms with Gasteiger partial charge in [0.05, 0.1) is 12.2 Å². The van der Waals surface area contributed by atoms with E-state index in [-0.39, 0.29) is 5.82 Å². The average Bonchev–Trinajstić information content (AvgIpc) is 2.14. The number of ether oxygens (including phenoxy) is 1. The topological polar surface area (TPSA) is 26.3 Å². The summed E-state index contributed by atoms with van der Waals surface area (Å²) >= 11 is 3.10. The highest BCUT2D eigenvalue weighted by molar-refractivity contribution is 9.10. The van der Waals surface area contributed by atoms with Crippen molar-refractivity contribution in [1.29, 1.82) is 0 Å². The van der Waals surface area contributed by atoms with Gasteiger partial charge in [0, 0.05) is 4.47 Å². The van der Waals surface area contributed by atoms with Crippen LogP contribution in [0.3, 0.4) is 0 Å². The largest absolute Gasteiger partial charge is 0.462 e. The van der Waals surface area contributed by atoms with Crippen molar-refractivity contribution in [2.24, 2.45) is 0 Å². The molecule has 2 nitrogen and oxygen atoms in total. The summed E-state index contributed by atoms with van der Waals surface area (Å²) < 4.78 is 18.0. The molecule has 0 saturated heterocycles. The molecule has 0 heterocycles. The Labute approximate surface area is 90.2 Å². The van der Waals surface area contributed by atoms with E-state index in [2.05, 4.69) is 15.9 Å². The van der Waals surface area contributed by atoms with E-state index >= 15 is 0 Å². The van der Waals surface area contributed by atoms with E-state index in [9.17, 15) is 9.18 Å². The lowest BCUT2D eigenvalue weighted by Gasteiger charge is -2.04. The van der Waals surface area contributed by atoms with Crippen LogP contribution >= 0.6 is 15.9 Å². The Morgan fingerprint density at radius 2 is 2.29 bits per heavy atom. The van der Waals surface area contributed by atoms with E-state index in [1.807, 2.05) is 6.92 Å². The fraction of sp³-hybridized carbons (Fsp3) is 0.300. The van der Waals surface area contributed by atoms with Crippen molar-refractivity contribution in [3.8, 4) is 0 Å². The van der Waals surface area contributed by atoms with Crippen LogP contribution in [0.1, 0.15) is 23.7 Å². The van der Waals surface area contributed by atoms with Crippen molar-refractivity contribution in [3.63, 3.8) is 0 Å². The van der Waals surface area contributed by atoms with Crippen molar-refractivity contribution < 1.29 is 13.9 Å². The second-order valence-corrected chi connectivity index (χ2v) is 3.61. The van der Waals surface area contributed by atoms with Crippen LogP contribution in [0, 0.1) is 5.82 Å². The highest BCUT2D eigenvalue weighted by Gasteiger charge is 2.11. The third-order valence-electron chi connectivity index (χ3n) is 1.59. The van der Waals surface area contributed by atoms with Crippen molar-refractivity contribution in [2.75, 3.05) is 6.61 Å². The molecule has 0 fully saturated rings. The predicted molar refractivity (Wildman–Crippen MR) is 54.7 cm³/mol. The molecule has 0 unspecified atom stereocenters. The molecule has 1 aromatic carbocycles. The monoisotopic (exact) mass is 260 g/mol. The van der Waals surface area contributed by atoms with E-state index in [1.165, 1.54) is 18.2 Å². The summed E-state index contributed by atoms with van der Waals surface area (Å²) in [4.78, 5) is 11.4. The van der Waals surface area contributed by atoms with Gasteiger partial charge in [0.2, 0.25) is 0 Å². The van der Waals surface area contributed by atoms with Gasteiger partial charge in [0.25, 0.3) is 0 Å². The first kappa shape index (κ1) is 11.2. The number of halogens is 2. The maximum Gasteiger partial charge on any atom is 0.339 e. The zero-order chi connectivity index (χ0) is 10.6. The number of hydrogen-bond donors (Lipinski definition) is 0. The van der Waals surface area contributed by atoms with Crippen LogP contribution in [0.4, 0.5) is 4.39 Å². The molecular formula is C10H10BrFO2. The van der Waals surface area contributed by atoms with Crippen molar-refractivity contribution in [2.45, 2.75) is 13.3 Å². The van der Waals surface area contributed by atoms with E-state index in [0.717, 1.165) is 6.42 Å². The normalized spacial score (nSPS) is 9.93. The second-order valence-electron chi connectivity index (χ2n) is 2.76. The molecule has 14 heavy (non-hydrogen) atoms. The van der Waals surface area contributed by atoms with Gasteiger partial charge in [-0.05, 0) is 40.5 Å². The van der Waals surface area contributed by atoms with Gasteiger partial charge in [-0.2, -0.15) is 0 Å². The molecule has 0 atom stereocenters. The van der Waals surface area contributed by atoms with Gasteiger partial charge in [0.15, 0.2) is 0 Å². The Kier molecular flexibility index (Phi) is 4.07. The lowest BCUT2D eigenvalue weighted by Crippen LogP contribution is -2.06. The molecule has 0 amide bonds. The zero-order valence-electron chi connectivity index (χ0n) is 7.72. The molecule has 1 rings (SSSR count). The van der Waals surface area contributed by atoms with Crippen molar-refractivity contribution in [3.05, 3.63) is 34.1 Å². The van der Waals surface area contributed by atoms with E-state index in [1.54, 1.807) is 0 Å². The van der Waals surface area contributed by atoms with Crippen LogP contribution in [-0.4, -0.2) is 12.6 Å². The second kappa shape index (κ2) is 5.10. The molecule has 76 valence electrons. The van der Waals surface area contributed by atoms with Gasteiger partial charge in [-0.1, -0.05) is 6.92 Å². The Bertz CT molecular complexity index is 339. The standard InChI is InChI=1S/C10H10BrFO2/c1-2-5-14-10(13)8-4-3-7(12)6-9(8)11/h3-4,6H,2,5H2,1H3. The molecule has 0 aliphatic rings. The molecule has 0 saturated carbocycles. The molecule has 4 heteroatoms. The number of carbonyl (C=O) groups excluding carboxylic acids is 1. The lowest BCUT2D eigenvalue weighted by molar-refractivity contribution is 0.0504. The summed E-state index contributed by atoms with van der Waals surface area (Å²) in [5, 5.41) is 0. The molecule has 1 aromatic rings. The smallest absolute Gasteiger partial charge is 0.339 e. The fourth-order valence-electron chi connectivity index (χ4n) is 0.928. The maximum atomic E-state index is 12.7. The summed E-state index contributed by atoms with van der Waals surface area (Å²) in [6, 6.07) is 3.87. The Hall–Kier alpha value is -0.900. The summed E-state index contributed by atoms with van der Waals surface area (Å²) in [5.41, 5.74) is 0.347. The summed E-state index contributed by atoms with van der Waals surface area (Å²) in [5.74, 6) is -0.817.